The van der Waals surface area contributed by atoms with Crippen LogP contribution in [-0.2, 0) is 28.6 Å². The van der Waals surface area contributed by atoms with Crippen molar-refractivity contribution < 1.29 is 38.8 Å². The van der Waals surface area contributed by atoms with Gasteiger partial charge in [-0.3, -0.25) is 19.3 Å². The predicted molar refractivity (Wildman–Crippen MR) is 206 cm³/mol. The molecule has 0 spiro atoms. The molecular formula is C41H80N2O8. The molecule has 0 aromatic rings. The summed E-state index contributed by atoms with van der Waals surface area (Å²) in [5.74, 6) is -1.07. The van der Waals surface area contributed by atoms with E-state index in [1.54, 1.807) is 0 Å². The first-order chi connectivity index (χ1) is 24.7. The van der Waals surface area contributed by atoms with Gasteiger partial charge in [0.25, 0.3) is 0 Å². The van der Waals surface area contributed by atoms with Crippen LogP contribution in [0.2, 0.25) is 0 Å². The molecule has 0 radical (unpaired) electrons. The number of hydrogen-bond donors (Lipinski definition) is 3. The van der Waals surface area contributed by atoms with Crippen LogP contribution < -0.4 is 5.73 Å². The lowest BCUT2D eigenvalue weighted by molar-refractivity contribution is -0.147. The standard InChI is InChI=1S/C41H80N2O8/c1-4-6-8-10-12-14-16-18-20-22-24-29-39(46)50-34-36(44)32-43(31-27-26-28-38(42)41(48)49-3)33-37(45)35-51-40(47)30-25-23-21-19-17-15-13-11-9-7-5-2/h36-38,44-45H,4-35,42H2,1-3H3. The third-order valence-corrected chi connectivity index (χ3v) is 9.52. The molecule has 0 saturated carbocycles. The third-order valence-electron chi connectivity index (χ3n) is 9.52. The zero-order valence-corrected chi connectivity index (χ0v) is 33.2. The summed E-state index contributed by atoms with van der Waals surface area (Å²) in [6, 6.07) is -0.695. The second kappa shape index (κ2) is 36.6. The molecule has 0 aromatic carbocycles. The summed E-state index contributed by atoms with van der Waals surface area (Å²) in [6.45, 7) is 5.11. The Morgan fingerprint density at radius 1 is 0.549 bits per heavy atom. The summed E-state index contributed by atoms with van der Waals surface area (Å²) in [6.07, 6.45) is 27.2. The molecule has 302 valence electrons. The van der Waals surface area contributed by atoms with Gasteiger partial charge in [0.1, 0.15) is 31.5 Å². The summed E-state index contributed by atoms with van der Waals surface area (Å²) in [4.78, 5) is 38.1. The zero-order chi connectivity index (χ0) is 37.8. The maximum Gasteiger partial charge on any atom is 0.322 e. The van der Waals surface area contributed by atoms with Gasteiger partial charge >= 0.3 is 17.9 Å². The minimum atomic E-state index is -0.931. The number of esters is 3. The van der Waals surface area contributed by atoms with Crippen molar-refractivity contribution >= 4 is 17.9 Å². The average Bonchev–Trinajstić information content (AvgIpc) is 3.12. The SMILES string of the molecule is CCCCCCCCCCCCCC(=O)OCC(O)CN(CCCCC(N)C(=O)OC)CC(O)COC(=O)CCCCCCCCCCCCC. The molecule has 51 heavy (non-hydrogen) atoms. The number of methoxy groups -OCH3 is 1. The van der Waals surface area contributed by atoms with E-state index in [0.717, 1.165) is 38.5 Å². The lowest BCUT2D eigenvalue weighted by Crippen LogP contribution is -2.42. The molecule has 0 heterocycles. The van der Waals surface area contributed by atoms with Crippen LogP contribution in [0.1, 0.15) is 187 Å². The maximum atomic E-state index is 12.3. The number of aliphatic hydroxyl groups is 2. The van der Waals surface area contributed by atoms with E-state index in [0.29, 0.717) is 38.6 Å². The molecule has 0 aliphatic carbocycles. The monoisotopic (exact) mass is 729 g/mol. The number of rotatable bonds is 38. The van der Waals surface area contributed by atoms with Crippen LogP contribution in [0.25, 0.3) is 0 Å². The Hall–Kier alpha value is -1.75. The van der Waals surface area contributed by atoms with Crippen molar-refractivity contribution in [3.63, 3.8) is 0 Å². The second-order valence-corrected chi connectivity index (χ2v) is 14.6. The molecule has 0 saturated heterocycles. The quantitative estimate of drug-likeness (QED) is 0.0323. The minimum Gasteiger partial charge on any atom is -0.468 e. The van der Waals surface area contributed by atoms with Gasteiger partial charge in [0, 0.05) is 25.9 Å². The fourth-order valence-electron chi connectivity index (χ4n) is 6.32. The van der Waals surface area contributed by atoms with Crippen LogP contribution in [0.4, 0.5) is 0 Å². The molecule has 10 heteroatoms. The van der Waals surface area contributed by atoms with Gasteiger partial charge in [-0.15, -0.1) is 0 Å². The van der Waals surface area contributed by atoms with Crippen molar-refractivity contribution in [2.45, 2.75) is 205 Å². The lowest BCUT2D eigenvalue weighted by atomic mass is 10.1. The van der Waals surface area contributed by atoms with Gasteiger partial charge in [-0.05, 0) is 32.2 Å². The normalized spacial score (nSPS) is 13.2. The molecule has 3 unspecified atom stereocenters. The number of nitrogens with zero attached hydrogens (tertiary/aromatic N) is 1. The van der Waals surface area contributed by atoms with Gasteiger partial charge < -0.3 is 30.2 Å². The summed E-state index contributed by atoms with van der Waals surface area (Å²) >= 11 is 0. The van der Waals surface area contributed by atoms with Crippen LogP contribution in [-0.4, -0.2) is 91.2 Å². The first kappa shape index (κ1) is 49.2. The van der Waals surface area contributed by atoms with Crippen LogP contribution in [0.3, 0.4) is 0 Å². The molecule has 0 aliphatic heterocycles. The van der Waals surface area contributed by atoms with E-state index in [9.17, 15) is 24.6 Å². The van der Waals surface area contributed by atoms with Gasteiger partial charge in [-0.1, -0.05) is 149 Å². The van der Waals surface area contributed by atoms with E-state index < -0.39 is 24.2 Å². The highest BCUT2D eigenvalue weighted by Gasteiger charge is 2.19. The summed E-state index contributed by atoms with van der Waals surface area (Å²) in [5, 5.41) is 21.3. The number of aliphatic hydroxyl groups excluding tert-OH is 2. The van der Waals surface area contributed by atoms with Crippen LogP contribution in [0.5, 0.6) is 0 Å². The van der Waals surface area contributed by atoms with Crippen molar-refractivity contribution in [1.29, 1.82) is 0 Å². The fraction of sp³-hybridized carbons (Fsp3) is 0.927. The topological polar surface area (TPSA) is 149 Å². The Bertz CT molecular complexity index is 765. The zero-order valence-electron chi connectivity index (χ0n) is 33.2. The first-order valence-corrected chi connectivity index (χ1v) is 21.0. The van der Waals surface area contributed by atoms with E-state index in [4.69, 9.17) is 19.9 Å². The number of ether oxygens (including phenoxy) is 3. The molecule has 4 N–H and O–H groups in total. The summed E-state index contributed by atoms with van der Waals surface area (Å²) in [7, 11) is 1.31. The van der Waals surface area contributed by atoms with Gasteiger partial charge in [-0.25, -0.2) is 0 Å². The van der Waals surface area contributed by atoms with Gasteiger partial charge in [0.15, 0.2) is 0 Å². The second-order valence-electron chi connectivity index (χ2n) is 14.6. The van der Waals surface area contributed by atoms with E-state index >= 15 is 0 Å². The highest BCUT2D eigenvalue weighted by molar-refractivity contribution is 5.75. The number of unbranched alkanes of at least 4 members (excludes halogenated alkanes) is 21. The van der Waals surface area contributed by atoms with Crippen molar-refractivity contribution in [3.8, 4) is 0 Å². The Kier molecular flexibility index (Phi) is 35.3. The molecule has 0 aliphatic rings. The molecule has 0 fully saturated rings. The summed E-state index contributed by atoms with van der Waals surface area (Å²) in [5.41, 5.74) is 5.86. The van der Waals surface area contributed by atoms with Crippen molar-refractivity contribution in [2.75, 3.05) is 40.0 Å². The number of carbonyl (C=O) groups excluding carboxylic acids is 3. The lowest BCUT2D eigenvalue weighted by Gasteiger charge is -2.27. The number of hydrogen-bond acceptors (Lipinski definition) is 10. The Morgan fingerprint density at radius 3 is 1.25 bits per heavy atom. The molecule has 0 aromatic heterocycles. The van der Waals surface area contributed by atoms with E-state index in [2.05, 4.69) is 13.8 Å². The van der Waals surface area contributed by atoms with Crippen molar-refractivity contribution in [1.82, 2.24) is 4.90 Å². The minimum absolute atomic E-state index is 0.120. The molecular weight excluding hydrogens is 648 g/mol. The Labute approximate surface area is 312 Å². The van der Waals surface area contributed by atoms with Crippen molar-refractivity contribution in [2.24, 2.45) is 5.73 Å². The van der Waals surface area contributed by atoms with Gasteiger partial charge in [-0.2, -0.15) is 0 Å². The van der Waals surface area contributed by atoms with E-state index in [1.165, 1.54) is 110 Å². The predicted octanol–water partition coefficient (Wildman–Crippen LogP) is 8.17. The van der Waals surface area contributed by atoms with Gasteiger partial charge in [0.05, 0.1) is 7.11 Å². The van der Waals surface area contributed by atoms with E-state index in [-0.39, 0.29) is 38.2 Å². The molecule has 10 nitrogen and oxygen atoms in total. The Balaban J connectivity index is 4.39. The smallest absolute Gasteiger partial charge is 0.322 e. The third kappa shape index (κ3) is 33.8. The molecule has 3 atom stereocenters. The summed E-state index contributed by atoms with van der Waals surface area (Å²) < 4.78 is 15.4. The van der Waals surface area contributed by atoms with Crippen LogP contribution in [0, 0.1) is 0 Å². The first-order valence-electron chi connectivity index (χ1n) is 21.0. The molecule has 0 amide bonds. The maximum absolute atomic E-state index is 12.3. The van der Waals surface area contributed by atoms with Gasteiger partial charge in [0.2, 0.25) is 0 Å². The Morgan fingerprint density at radius 2 is 0.902 bits per heavy atom. The molecule has 0 bridgehead atoms. The fourth-order valence-corrected chi connectivity index (χ4v) is 6.32. The van der Waals surface area contributed by atoms with Crippen LogP contribution >= 0.6 is 0 Å². The highest BCUT2D eigenvalue weighted by Crippen LogP contribution is 2.14. The number of nitrogens with two attached hydrogens (primary N) is 1. The highest BCUT2D eigenvalue weighted by atomic mass is 16.5. The van der Waals surface area contributed by atoms with E-state index in [1.807, 2.05) is 4.90 Å². The van der Waals surface area contributed by atoms with Crippen LogP contribution in [0.15, 0.2) is 0 Å². The molecule has 0 rings (SSSR count). The average molecular weight is 729 g/mol. The number of carbonyl (C=O) groups is 3. The van der Waals surface area contributed by atoms with Crippen molar-refractivity contribution in [3.05, 3.63) is 0 Å². The largest absolute Gasteiger partial charge is 0.468 e.